The van der Waals surface area contributed by atoms with Crippen LogP contribution in [0.4, 0.5) is 5.69 Å². The molecule has 6 heteroatoms. The Kier molecular flexibility index (Phi) is 3.45. The van der Waals surface area contributed by atoms with Crippen LogP contribution >= 0.6 is 0 Å². The smallest absolute Gasteiger partial charge is 0.178 e. The van der Waals surface area contributed by atoms with Gasteiger partial charge in [0.05, 0.1) is 12.2 Å². The lowest BCUT2D eigenvalue weighted by molar-refractivity contribution is 0.476. The fourth-order valence-corrected chi connectivity index (χ4v) is 1.92. The van der Waals surface area contributed by atoms with E-state index in [1.807, 2.05) is 24.3 Å². The number of nitrogens with zero attached hydrogens (tertiary/aromatic N) is 4. The van der Waals surface area contributed by atoms with E-state index in [2.05, 4.69) is 27.3 Å². The monoisotopic (exact) mass is 269 g/mol. The minimum atomic E-state index is 0.605. The summed E-state index contributed by atoms with van der Waals surface area (Å²) < 4.78 is 7.29. The number of aromatic nitrogens is 4. The van der Waals surface area contributed by atoms with Gasteiger partial charge in [0.15, 0.2) is 5.82 Å². The van der Waals surface area contributed by atoms with E-state index in [4.69, 9.17) is 4.42 Å². The molecule has 6 nitrogen and oxygen atoms in total. The van der Waals surface area contributed by atoms with Gasteiger partial charge in [-0.05, 0) is 24.3 Å². The van der Waals surface area contributed by atoms with Crippen LogP contribution in [0.25, 0.3) is 5.82 Å². The Balaban J connectivity index is 1.77. The van der Waals surface area contributed by atoms with Crippen molar-refractivity contribution in [1.82, 2.24) is 19.7 Å². The van der Waals surface area contributed by atoms with E-state index in [1.165, 1.54) is 6.33 Å². The van der Waals surface area contributed by atoms with Crippen LogP contribution in [0, 0.1) is 0 Å². The summed E-state index contributed by atoms with van der Waals surface area (Å²) in [6.07, 6.45) is 5.73. The molecular formula is C14H15N5O. The highest BCUT2D eigenvalue weighted by molar-refractivity contribution is 5.56. The third-order valence-electron chi connectivity index (χ3n) is 2.94. The second-order valence-corrected chi connectivity index (χ2v) is 4.29. The Labute approximate surface area is 116 Å². The van der Waals surface area contributed by atoms with Gasteiger partial charge in [-0.25, -0.2) is 14.6 Å². The molecule has 0 saturated carbocycles. The number of pyridine rings is 1. The Bertz CT molecular complexity index is 674. The van der Waals surface area contributed by atoms with Crippen LogP contribution in [0.5, 0.6) is 0 Å². The van der Waals surface area contributed by atoms with Gasteiger partial charge in [0.25, 0.3) is 0 Å². The predicted molar refractivity (Wildman–Crippen MR) is 74.6 cm³/mol. The average Bonchev–Trinajstić information content (AvgIpc) is 3.17. The third-order valence-corrected chi connectivity index (χ3v) is 2.94. The Morgan fingerprint density at radius 1 is 1.25 bits per heavy atom. The standard InChI is InChI=1S/C14H15N5O/c1-2-11-5-6-12(20-11)8-17-13-4-3-7-16-14(13)19-10-15-9-18-19/h3-7,9-10,17H,2,8H2,1H3. The Morgan fingerprint density at radius 3 is 2.90 bits per heavy atom. The van der Waals surface area contributed by atoms with Crippen molar-refractivity contribution >= 4 is 5.69 Å². The van der Waals surface area contributed by atoms with Crippen LogP contribution in [0.15, 0.2) is 47.5 Å². The summed E-state index contributed by atoms with van der Waals surface area (Å²) >= 11 is 0. The van der Waals surface area contributed by atoms with Crippen molar-refractivity contribution < 1.29 is 4.42 Å². The largest absolute Gasteiger partial charge is 0.464 e. The number of furan rings is 1. The minimum absolute atomic E-state index is 0.605. The van der Waals surface area contributed by atoms with E-state index in [0.717, 1.165) is 23.6 Å². The van der Waals surface area contributed by atoms with Crippen LogP contribution < -0.4 is 5.32 Å². The molecule has 0 bridgehead atoms. The molecule has 0 aliphatic carbocycles. The van der Waals surface area contributed by atoms with Crippen molar-refractivity contribution in [3.63, 3.8) is 0 Å². The Hall–Kier alpha value is -2.63. The molecule has 3 rings (SSSR count). The van der Waals surface area contributed by atoms with Gasteiger partial charge in [-0.15, -0.1) is 0 Å². The van der Waals surface area contributed by atoms with Crippen molar-refractivity contribution in [3.05, 3.63) is 54.6 Å². The summed E-state index contributed by atoms with van der Waals surface area (Å²) in [5.41, 5.74) is 0.882. The molecule has 0 amide bonds. The summed E-state index contributed by atoms with van der Waals surface area (Å²) in [5.74, 6) is 2.60. The van der Waals surface area contributed by atoms with Crippen molar-refractivity contribution in [1.29, 1.82) is 0 Å². The molecule has 0 radical (unpaired) electrons. The first-order valence-electron chi connectivity index (χ1n) is 6.48. The zero-order chi connectivity index (χ0) is 13.8. The first-order chi connectivity index (χ1) is 9.86. The van der Waals surface area contributed by atoms with E-state index in [9.17, 15) is 0 Å². The molecule has 20 heavy (non-hydrogen) atoms. The second-order valence-electron chi connectivity index (χ2n) is 4.29. The van der Waals surface area contributed by atoms with Crippen molar-refractivity contribution in [2.45, 2.75) is 19.9 Å². The number of hydrogen-bond acceptors (Lipinski definition) is 5. The lowest BCUT2D eigenvalue weighted by atomic mass is 10.3. The van der Waals surface area contributed by atoms with Gasteiger partial charge < -0.3 is 9.73 Å². The van der Waals surface area contributed by atoms with Gasteiger partial charge in [-0.1, -0.05) is 6.92 Å². The van der Waals surface area contributed by atoms with E-state index in [0.29, 0.717) is 12.4 Å². The highest BCUT2D eigenvalue weighted by Gasteiger charge is 2.07. The van der Waals surface area contributed by atoms with Gasteiger partial charge in [-0.3, -0.25) is 0 Å². The topological polar surface area (TPSA) is 68.8 Å². The van der Waals surface area contributed by atoms with Gasteiger partial charge >= 0.3 is 0 Å². The number of nitrogens with one attached hydrogen (secondary N) is 1. The van der Waals surface area contributed by atoms with Crippen LogP contribution in [-0.2, 0) is 13.0 Å². The highest BCUT2D eigenvalue weighted by atomic mass is 16.3. The highest BCUT2D eigenvalue weighted by Crippen LogP contribution is 2.17. The molecule has 0 aliphatic heterocycles. The van der Waals surface area contributed by atoms with Gasteiger partial charge in [-0.2, -0.15) is 5.10 Å². The maximum atomic E-state index is 5.67. The second kappa shape index (κ2) is 5.56. The quantitative estimate of drug-likeness (QED) is 0.770. The minimum Gasteiger partial charge on any atom is -0.464 e. The molecule has 3 heterocycles. The predicted octanol–water partition coefficient (Wildman–Crippen LogP) is 2.43. The van der Waals surface area contributed by atoms with E-state index >= 15 is 0 Å². The summed E-state index contributed by atoms with van der Waals surface area (Å²) in [6.45, 7) is 2.67. The molecule has 0 aliphatic rings. The molecule has 3 aromatic rings. The molecule has 0 aromatic carbocycles. The number of rotatable bonds is 5. The Morgan fingerprint density at radius 2 is 2.15 bits per heavy atom. The van der Waals surface area contributed by atoms with Crippen molar-refractivity contribution in [2.75, 3.05) is 5.32 Å². The fourth-order valence-electron chi connectivity index (χ4n) is 1.92. The number of hydrogen-bond donors (Lipinski definition) is 1. The number of anilines is 1. The number of aryl methyl sites for hydroxylation is 1. The first-order valence-corrected chi connectivity index (χ1v) is 6.48. The van der Waals surface area contributed by atoms with Crippen LogP contribution in [0.1, 0.15) is 18.4 Å². The van der Waals surface area contributed by atoms with Crippen molar-refractivity contribution in [2.24, 2.45) is 0 Å². The zero-order valence-electron chi connectivity index (χ0n) is 11.2. The lowest BCUT2D eigenvalue weighted by Crippen LogP contribution is -2.06. The van der Waals surface area contributed by atoms with Crippen LogP contribution in [0.3, 0.4) is 0 Å². The zero-order valence-corrected chi connectivity index (χ0v) is 11.2. The molecule has 0 fully saturated rings. The third kappa shape index (κ3) is 2.54. The van der Waals surface area contributed by atoms with E-state index in [-0.39, 0.29) is 0 Å². The molecule has 0 atom stereocenters. The van der Waals surface area contributed by atoms with E-state index < -0.39 is 0 Å². The fraction of sp³-hybridized carbons (Fsp3) is 0.214. The molecule has 102 valence electrons. The average molecular weight is 269 g/mol. The van der Waals surface area contributed by atoms with Gasteiger partial charge in [0.1, 0.15) is 24.2 Å². The van der Waals surface area contributed by atoms with Crippen LogP contribution in [0.2, 0.25) is 0 Å². The molecule has 3 aromatic heterocycles. The molecule has 0 spiro atoms. The SMILES string of the molecule is CCc1ccc(CNc2cccnc2-n2cncn2)o1. The van der Waals surface area contributed by atoms with Gasteiger partial charge in [0.2, 0.25) is 0 Å². The van der Waals surface area contributed by atoms with Gasteiger partial charge in [0, 0.05) is 12.6 Å². The lowest BCUT2D eigenvalue weighted by Gasteiger charge is -2.09. The summed E-state index contributed by atoms with van der Waals surface area (Å²) in [7, 11) is 0. The molecule has 0 saturated heterocycles. The summed E-state index contributed by atoms with van der Waals surface area (Å²) in [6, 6.07) is 7.81. The van der Waals surface area contributed by atoms with Crippen LogP contribution in [-0.4, -0.2) is 19.7 Å². The maximum absolute atomic E-state index is 5.67. The maximum Gasteiger partial charge on any atom is 0.178 e. The molecular weight excluding hydrogens is 254 g/mol. The molecule has 1 N–H and O–H groups in total. The first kappa shape index (κ1) is 12.4. The summed E-state index contributed by atoms with van der Waals surface area (Å²) in [4.78, 5) is 8.26. The van der Waals surface area contributed by atoms with E-state index in [1.54, 1.807) is 17.2 Å². The van der Waals surface area contributed by atoms with Crippen molar-refractivity contribution in [3.8, 4) is 5.82 Å². The normalized spacial score (nSPS) is 10.7. The molecule has 0 unspecified atom stereocenters. The summed E-state index contributed by atoms with van der Waals surface area (Å²) in [5, 5.41) is 7.41.